The zero-order chi connectivity index (χ0) is 13.5. The molecule has 0 fully saturated rings. The lowest BCUT2D eigenvalue weighted by Gasteiger charge is -2.11. The van der Waals surface area contributed by atoms with Crippen molar-refractivity contribution >= 4 is 5.91 Å². The van der Waals surface area contributed by atoms with Crippen molar-refractivity contribution < 1.29 is 9.53 Å². The SMILES string of the molecule is CC(C)OCCCNC(=O)C(N)c1cnn(C)c1. The Bertz CT molecular complexity index is 376. The van der Waals surface area contributed by atoms with Gasteiger partial charge in [0.15, 0.2) is 0 Å². The minimum atomic E-state index is -0.662. The lowest BCUT2D eigenvalue weighted by molar-refractivity contribution is -0.122. The number of nitrogens with two attached hydrogens (primary N) is 1. The maximum atomic E-state index is 11.7. The normalized spacial score (nSPS) is 12.7. The number of carbonyl (C=O) groups is 1. The van der Waals surface area contributed by atoms with Crippen molar-refractivity contribution in [1.29, 1.82) is 0 Å². The molecule has 6 nitrogen and oxygen atoms in total. The van der Waals surface area contributed by atoms with Gasteiger partial charge < -0.3 is 15.8 Å². The van der Waals surface area contributed by atoms with Gasteiger partial charge in [-0.15, -0.1) is 0 Å². The summed E-state index contributed by atoms with van der Waals surface area (Å²) >= 11 is 0. The summed E-state index contributed by atoms with van der Waals surface area (Å²) < 4.78 is 7.00. The van der Waals surface area contributed by atoms with Crippen LogP contribution in [0.25, 0.3) is 0 Å². The van der Waals surface area contributed by atoms with E-state index in [1.807, 2.05) is 13.8 Å². The number of amides is 1. The van der Waals surface area contributed by atoms with Crippen molar-refractivity contribution in [2.75, 3.05) is 13.2 Å². The van der Waals surface area contributed by atoms with Gasteiger partial charge in [-0.25, -0.2) is 0 Å². The van der Waals surface area contributed by atoms with Crippen LogP contribution < -0.4 is 11.1 Å². The number of carbonyl (C=O) groups excluding carboxylic acids is 1. The molecule has 0 bridgehead atoms. The molecule has 0 aliphatic carbocycles. The van der Waals surface area contributed by atoms with E-state index in [0.29, 0.717) is 18.7 Å². The zero-order valence-electron chi connectivity index (χ0n) is 11.2. The summed E-state index contributed by atoms with van der Waals surface area (Å²) in [6, 6.07) is -0.662. The zero-order valence-corrected chi connectivity index (χ0v) is 11.2. The highest BCUT2D eigenvalue weighted by atomic mass is 16.5. The number of aromatic nitrogens is 2. The second-order valence-electron chi connectivity index (χ2n) is 4.49. The monoisotopic (exact) mass is 254 g/mol. The van der Waals surface area contributed by atoms with Gasteiger partial charge in [0, 0.05) is 32.0 Å². The molecule has 18 heavy (non-hydrogen) atoms. The van der Waals surface area contributed by atoms with Crippen molar-refractivity contribution in [3.63, 3.8) is 0 Å². The standard InChI is InChI=1S/C12H22N4O2/c1-9(2)18-6-4-5-14-12(17)11(13)10-7-15-16(3)8-10/h7-9,11H,4-6,13H2,1-3H3,(H,14,17). The van der Waals surface area contributed by atoms with Crippen LogP contribution in [0, 0.1) is 0 Å². The minimum Gasteiger partial charge on any atom is -0.379 e. The first-order valence-electron chi connectivity index (χ1n) is 6.14. The molecule has 1 heterocycles. The molecule has 1 aromatic rings. The van der Waals surface area contributed by atoms with Gasteiger partial charge in [0.1, 0.15) is 6.04 Å². The van der Waals surface area contributed by atoms with E-state index >= 15 is 0 Å². The number of aryl methyl sites for hydroxylation is 1. The Morgan fingerprint density at radius 1 is 1.61 bits per heavy atom. The predicted molar refractivity (Wildman–Crippen MR) is 68.9 cm³/mol. The summed E-state index contributed by atoms with van der Waals surface area (Å²) in [6.45, 7) is 5.17. The predicted octanol–water partition coefficient (Wildman–Crippen LogP) is 0.351. The second kappa shape index (κ2) is 7.13. The van der Waals surface area contributed by atoms with Crippen molar-refractivity contribution in [2.45, 2.75) is 32.4 Å². The number of nitrogens with one attached hydrogen (secondary N) is 1. The number of nitrogens with zero attached hydrogens (tertiary/aromatic N) is 2. The molecular formula is C12H22N4O2. The highest BCUT2D eigenvalue weighted by molar-refractivity contribution is 5.82. The summed E-state index contributed by atoms with van der Waals surface area (Å²) in [6.07, 6.45) is 4.35. The molecule has 1 amide bonds. The number of rotatable bonds is 7. The summed E-state index contributed by atoms with van der Waals surface area (Å²) in [5, 5.41) is 6.77. The third-order valence-electron chi connectivity index (χ3n) is 2.44. The maximum Gasteiger partial charge on any atom is 0.241 e. The molecule has 6 heteroatoms. The highest BCUT2D eigenvalue weighted by Crippen LogP contribution is 2.07. The van der Waals surface area contributed by atoms with E-state index in [2.05, 4.69) is 10.4 Å². The molecule has 1 rings (SSSR count). The molecule has 0 saturated carbocycles. The Balaban J connectivity index is 2.24. The Morgan fingerprint density at radius 3 is 2.89 bits per heavy atom. The van der Waals surface area contributed by atoms with E-state index in [4.69, 9.17) is 10.5 Å². The summed E-state index contributed by atoms with van der Waals surface area (Å²) in [5.74, 6) is -0.187. The third kappa shape index (κ3) is 4.85. The number of hydrogen-bond donors (Lipinski definition) is 2. The van der Waals surface area contributed by atoms with Crippen LogP contribution in [0.5, 0.6) is 0 Å². The van der Waals surface area contributed by atoms with Gasteiger partial charge in [0.05, 0.1) is 12.3 Å². The first-order chi connectivity index (χ1) is 8.50. The topological polar surface area (TPSA) is 82.2 Å². The molecule has 3 N–H and O–H groups in total. The summed E-state index contributed by atoms with van der Waals surface area (Å²) in [7, 11) is 1.79. The van der Waals surface area contributed by atoms with E-state index in [-0.39, 0.29) is 12.0 Å². The Morgan fingerprint density at radius 2 is 2.33 bits per heavy atom. The fourth-order valence-corrected chi connectivity index (χ4v) is 1.46. The fourth-order valence-electron chi connectivity index (χ4n) is 1.46. The van der Waals surface area contributed by atoms with Crippen LogP contribution in [0.4, 0.5) is 0 Å². The lowest BCUT2D eigenvalue weighted by Crippen LogP contribution is -2.34. The Kier molecular flexibility index (Phi) is 5.80. The van der Waals surface area contributed by atoms with E-state index < -0.39 is 6.04 Å². The van der Waals surface area contributed by atoms with Crippen LogP contribution in [-0.2, 0) is 16.6 Å². The van der Waals surface area contributed by atoms with Gasteiger partial charge in [-0.1, -0.05) is 0 Å². The molecule has 102 valence electrons. The molecule has 1 unspecified atom stereocenters. The van der Waals surface area contributed by atoms with E-state index in [9.17, 15) is 4.79 Å². The lowest BCUT2D eigenvalue weighted by atomic mass is 10.1. The summed E-state index contributed by atoms with van der Waals surface area (Å²) in [5.41, 5.74) is 6.53. The number of ether oxygens (including phenoxy) is 1. The van der Waals surface area contributed by atoms with Crippen LogP contribution in [-0.4, -0.2) is 34.9 Å². The van der Waals surface area contributed by atoms with Crippen molar-refractivity contribution in [3.8, 4) is 0 Å². The van der Waals surface area contributed by atoms with Gasteiger partial charge in [-0.2, -0.15) is 5.10 Å². The molecule has 0 aliphatic heterocycles. The van der Waals surface area contributed by atoms with Gasteiger partial charge in [-0.3, -0.25) is 9.48 Å². The van der Waals surface area contributed by atoms with E-state index in [1.165, 1.54) is 0 Å². The molecule has 0 saturated heterocycles. The van der Waals surface area contributed by atoms with E-state index in [1.54, 1.807) is 24.1 Å². The van der Waals surface area contributed by atoms with Crippen LogP contribution in [0.1, 0.15) is 31.9 Å². The van der Waals surface area contributed by atoms with Gasteiger partial charge in [0.2, 0.25) is 5.91 Å². The number of hydrogen-bond acceptors (Lipinski definition) is 4. The first kappa shape index (κ1) is 14.7. The second-order valence-corrected chi connectivity index (χ2v) is 4.49. The maximum absolute atomic E-state index is 11.7. The van der Waals surface area contributed by atoms with Crippen LogP contribution in [0.15, 0.2) is 12.4 Å². The fraction of sp³-hybridized carbons (Fsp3) is 0.667. The average Bonchev–Trinajstić information content (AvgIpc) is 2.73. The smallest absolute Gasteiger partial charge is 0.241 e. The third-order valence-corrected chi connectivity index (χ3v) is 2.44. The van der Waals surface area contributed by atoms with Crippen LogP contribution in [0.2, 0.25) is 0 Å². The van der Waals surface area contributed by atoms with Gasteiger partial charge in [0.25, 0.3) is 0 Å². The summed E-state index contributed by atoms with van der Waals surface area (Å²) in [4.78, 5) is 11.7. The van der Waals surface area contributed by atoms with Crippen molar-refractivity contribution in [3.05, 3.63) is 18.0 Å². The molecule has 1 atom stereocenters. The molecular weight excluding hydrogens is 232 g/mol. The van der Waals surface area contributed by atoms with Gasteiger partial charge in [-0.05, 0) is 20.3 Å². The first-order valence-corrected chi connectivity index (χ1v) is 6.14. The van der Waals surface area contributed by atoms with E-state index in [0.717, 1.165) is 6.42 Å². The molecule has 0 radical (unpaired) electrons. The molecule has 0 aromatic carbocycles. The highest BCUT2D eigenvalue weighted by Gasteiger charge is 2.16. The molecule has 0 aliphatic rings. The minimum absolute atomic E-state index is 0.187. The average molecular weight is 254 g/mol. The Hall–Kier alpha value is -1.40. The molecule has 1 aromatic heterocycles. The largest absolute Gasteiger partial charge is 0.379 e. The van der Waals surface area contributed by atoms with Gasteiger partial charge >= 0.3 is 0 Å². The van der Waals surface area contributed by atoms with Crippen LogP contribution in [0.3, 0.4) is 0 Å². The quantitative estimate of drug-likeness (QED) is 0.688. The van der Waals surface area contributed by atoms with Crippen molar-refractivity contribution in [2.24, 2.45) is 12.8 Å². The van der Waals surface area contributed by atoms with Crippen LogP contribution >= 0.6 is 0 Å². The van der Waals surface area contributed by atoms with Crippen molar-refractivity contribution in [1.82, 2.24) is 15.1 Å². The molecule has 0 spiro atoms. The Labute approximate surface area is 107 Å².